The van der Waals surface area contributed by atoms with E-state index in [0.29, 0.717) is 6.54 Å². The van der Waals surface area contributed by atoms with E-state index < -0.39 is 11.4 Å². The number of hydrogen-bond acceptors (Lipinski definition) is 2. The van der Waals surface area contributed by atoms with Gasteiger partial charge in [0.15, 0.2) is 0 Å². The van der Waals surface area contributed by atoms with Gasteiger partial charge in [-0.1, -0.05) is 26.0 Å². The first kappa shape index (κ1) is 15.7. The summed E-state index contributed by atoms with van der Waals surface area (Å²) in [6.45, 7) is 7.73. The Kier molecular flexibility index (Phi) is 6.54. The summed E-state index contributed by atoms with van der Waals surface area (Å²) >= 11 is 0. The van der Waals surface area contributed by atoms with Crippen molar-refractivity contribution in [2.24, 2.45) is 11.3 Å². The summed E-state index contributed by atoms with van der Waals surface area (Å²) in [6.07, 6.45) is 4.67. The fourth-order valence-corrected chi connectivity index (χ4v) is 1.38. The predicted octanol–water partition coefficient (Wildman–Crippen LogP) is 2.21. The number of aliphatic carboxylic acids is 1. The van der Waals surface area contributed by atoms with Gasteiger partial charge in [-0.15, -0.1) is 0 Å². The molecule has 0 rings (SSSR count). The van der Waals surface area contributed by atoms with Crippen LogP contribution in [-0.4, -0.2) is 23.5 Å². The Morgan fingerprint density at radius 2 is 2.00 bits per heavy atom. The number of allylic oxidation sites excluding steroid dienone is 1. The average Bonchev–Trinajstić information content (AvgIpc) is 2.23. The van der Waals surface area contributed by atoms with Gasteiger partial charge in [-0.3, -0.25) is 9.59 Å². The molecule has 0 fully saturated rings. The van der Waals surface area contributed by atoms with Crippen molar-refractivity contribution >= 4 is 11.9 Å². The maximum Gasteiger partial charge on any atom is 0.310 e. The van der Waals surface area contributed by atoms with E-state index in [2.05, 4.69) is 5.32 Å². The SMILES string of the molecule is C/C=C/CCNC(=O)CC(C)(C(=O)O)C(C)C. The van der Waals surface area contributed by atoms with E-state index in [-0.39, 0.29) is 18.2 Å². The van der Waals surface area contributed by atoms with Gasteiger partial charge in [0.05, 0.1) is 5.41 Å². The molecular weight excluding hydrogens is 218 g/mol. The molecule has 0 aliphatic carbocycles. The number of carboxylic acids is 1. The zero-order valence-corrected chi connectivity index (χ0v) is 11.1. The molecule has 0 aromatic rings. The Morgan fingerprint density at radius 1 is 1.41 bits per heavy atom. The number of rotatable bonds is 7. The highest BCUT2D eigenvalue weighted by atomic mass is 16.4. The maximum atomic E-state index is 11.6. The molecule has 1 atom stereocenters. The minimum Gasteiger partial charge on any atom is -0.481 e. The summed E-state index contributed by atoms with van der Waals surface area (Å²) in [6, 6.07) is 0. The van der Waals surface area contributed by atoms with E-state index in [1.54, 1.807) is 6.92 Å². The van der Waals surface area contributed by atoms with Crippen molar-refractivity contribution in [3.63, 3.8) is 0 Å². The Morgan fingerprint density at radius 3 is 2.41 bits per heavy atom. The van der Waals surface area contributed by atoms with E-state index in [1.807, 2.05) is 32.9 Å². The van der Waals surface area contributed by atoms with Crippen LogP contribution in [0, 0.1) is 11.3 Å². The average molecular weight is 241 g/mol. The van der Waals surface area contributed by atoms with Crippen LogP contribution in [0.2, 0.25) is 0 Å². The molecule has 0 aliphatic rings. The normalized spacial score (nSPS) is 14.9. The lowest BCUT2D eigenvalue weighted by atomic mass is 9.76. The summed E-state index contributed by atoms with van der Waals surface area (Å²) in [5.74, 6) is -1.20. The zero-order chi connectivity index (χ0) is 13.5. The van der Waals surface area contributed by atoms with Crippen LogP contribution in [-0.2, 0) is 9.59 Å². The first-order valence-electron chi connectivity index (χ1n) is 5.95. The van der Waals surface area contributed by atoms with Crippen LogP contribution in [0.4, 0.5) is 0 Å². The summed E-state index contributed by atoms with van der Waals surface area (Å²) in [7, 11) is 0. The van der Waals surface area contributed by atoms with Gasteiger partial charge in [0.2, 0.25) is 5.91 Å². The van der Waals surface area contributed by atoms with E-state index in [1.165, 1.54) is 0 Å². The molecule has 98 valence electrons. The van der Waals surface area contributed by atoms with Gasteiger partial charge in [-0.2, -0.15) is 0 Å². The van der Waals surface area contributed by atoms with Crippen molar-refractivity contribution in [1.29, 1.82) is 0 Å². The van der Waals surface area contributed by atoms with Crippen LogP contribution in [0.5, 0.6) is 0 Å². The highest BCUT2D eigenvalue weighted by molar-refractivity contribution is 5.84. The molecule has 0 heterocycles. The number of nitrogens with one attached hydrogen (secondary N) is 1. The Bertz CT molecular complexity index is 297. The summed E-state index contributed by atoms with van der Waals surface area (Å²) in [5, 5.41) is 11.9. The van der Waals surface area contributed by atoms with Crippen LogP contribution >= 0.6 is 0 Å². The van der Waals surface area contributed by atoms with Crippen molar-refractivity contribution in [1.82, 2.24) is 5.32 Å². The highest BCUT2D eigenvalue weighted by Gasteiger charge is 2.38. The van der Waals surface area contributed by atoms with Crippen LogP contribution < -0.4 is 5.32 Å². The second kappa shape index (κ2) is 7.09. The minimum atomic E-state index is -0.995. The second-order valence-corrected chi connectivity index (χ2v) is 4.76. The largest absolute Gasteiger partial charge is 0.481 e. The van der Waals surface area contributed by atoms with Crippen LogP contribution in [0.25, 0.3) is 0 Å². The van der Waals surface area contributed by atoms with Gasteiger partial charge in [0, 0.05) is 13.0 Å². The molecule has 0 radical (unpaired) electrons. The van der Waals surface area contributed by atoms with E-state index in [4.69, 9.17) is 0 Å². The van der Waals surface area contributed by atoms with Gasteiger partial charge in [0.1, 0.15) is 0 Å². The fourth-order valence-electron chi connectivity index (χ4n) is 1.38. The number of hydrogen-bond donors (Lipinski definition) is 2. The smallest absolute Gasteiger partial charge is 0.310 e. The van der Waals surface area contributed by atoms with E-state index in [0.717, 1.165) is 6.42 Å². The fraction of sp³-hybridized carbons (Fsp3) is 0.692. The molecule has 0 spiro atoms. The van der Waals surface area contributed by atoms with Crippen LogP contribution in [0.1, 0.15) is 40.5 Å². The first-order valence-corrected chi connectivity index (χ1v) is 5.95. The molecule has 0 bridgehead atoms. The lowest BCUT2D eigenvalue weighted by Gasteiger charge is -2.28. The molecule has 0 aromatic heterocycles. The van der Waals surface area contributed by atoms with Crippen molar-refractivity contribution in [2.45, 2.75) is 40.5 Å². The Balaban J connectivity index is 4.29. The number of carbonyl (C=O) groups is 2. The van der Waals surface area contributed by atoms with Crippen LogP contribution in [0.3, 0.4) is 0 Å². The molecule has 0 aromatic carbocycles. The van der Waals surface area contributed by atoms with Gasteiger partial charge < -0.3 is 10.4 Å². The molecule has 2 N–H and O–H groups in total. The lowest BCUT2D eigenvalue weighted by molar-refractivity contribution is -0.153. The van der Waals surface area contributed by atoms with Crippen LogP contribution in [0.15, 0.2) is 12.2 Å². The molecule has 0 saturated carbocycles. The van der Waals surface area contributed by atoms with Gasteiger partial charge >= 0.3 is 5.97 Å². The maximum absolute atomic E-state index is 11.6. The monoisotopic (exact) mass is 241 g/mol. The molecule has 17 heavy (non-hydrogen) atoms. The first-order chi connectivity index (χ1) is 7.84. The third-order valence-electron chi connectivity index (χ3n) is 3.16. The van der Waals surface area contributed by atoms with Gasteiger partial charge in [-0.25, -0.2) is 0 Å². The lowest BCUT2D eigenvalue weighted by Crippen LogP contribution is -2.39. The molecule has 4 heteroatoms. The van der Waals surface area contributed by atoms with Gasteiger partial charge in [0.25, 0.3) is 0 Å². The zero-order valence-electron chi connectivity index (χ0n) is 11.1. The molecular formula is C13H23NO3. The second-order valence-electron chi connectivity index (χ2n) is 4.76. The van der Waals surface area contributed by atoms with Crippen molar-refractivity contribution in [2.75, 3.05) is 6.54 Å². The van der Waals surface area contributed by atoms with Crippen molar-refractivity contribution < 1.29 is 14.7 Å². The van der Waals surface area contributed by atoms with Crippen molar-refractivity contribution in [3.8, 4) is 0 Å². The molecule has 0 saturated heterocycles. The predicted molar refractivity (Wildman–Crippen MR) is 67.6 cm³/mol. The third-order valence-corrected chi connectivity index (χ3v) is 3.16. The summed E-state index contributed by atoms with van der Waals surface area (Å²) in [5.41, 5.74) is -0.995. The summed E-state index contributed by atoms with van der Waals surface area (Å²) in [4.78, 5) is 22.8. The van der Waals surface area contributed by atoms with Crippen molar-refractivity contribution in [3.05, 3.63) is 12.2 Å². The standard InChI is InChI=1S/C13H23NO3/c1-5-6-7-8-14-11(15)9-13(4,10(2)3)12(16)17/h5-6,10H,7-9H2,1-4H3,(H,14,15)(H,16,17)/b6-5+. The number of amides is 1. The molecule has 1 amide bonds. The highest BCUT2D eigenvalue weighted by Crippen LogP contribution is 2.31. The molecule has 0 aliphatic heterocycles. The van der Waals surface area contributed by atoms with Gasteiger partial charge in [-0.05, 0) is 26.2 Å². The Hall–Kier alpha value is -1.32. The molecule has 1 unspecified atom stereocenters. The summed E-state index contributed by atoms with van der Waals surface area (Å²) < 4.78 is 0. The number of carbonyl (C=O) groups excluding carboxylic acids is 1. The topological polar surface area (TPSA) is 66.4 Å². The van der Waals surface area contributed by atoms with E-state index in [9.17, 15) is 14.7 Å². The minimum absolute atomic E-state index is 0.0237. The third kappa shape index (κ3) is 5.02. The Labute approximate surface area is 103 Å². The van der Waals surface area contributed by atoms with E-state index >= 15 is 0 Å². The molecule has 4 nitrogen and oxygen atoms in total. The quantitative estimate of drug-likeness (QED) is 0.530. The number of carboxylic acid groups (broad SMARTS) is 1.